The first-order valence-electron chi connectivity index (χ1n) is 13.5. The molecule has 1 saturated carbocycles. The van der Waals surface area contributed by atoms with Gasteiger partial charge in [0.25, 0.3) is 0 Å². The molecule has 5 aromatic rings. The van der Waals surface area contributed by atoms with Crippen LogP contribution in [-0.2, 0) is 22.9 Å². The highest BCUT2D eigenvalue weighted by molar-refractivity contribution is 7.89. The zero-order chi connectivity index (χ0) is 30.5. The Labute approximate surface area is 250 Å². The normalized spacial score (nSPS) is 13.4. The van der Waals surface area contributed by atoms with Gasteiger partial charge in [-0.3, -0.25) is 0 Å². The third kappa shape index (κ3) is 5.99. The number of thiazole rings is 1. The molecule has 220 valence electrons. The van der Waals surface area contributed by atoms with E-state index in [1.165, 1.54) is 17.5 Å². The minimum absolute atomic E-state index is 0.133. The number of halogens is 2. The van der Waals surface area contributed by atoms with Gasteiger partial charge in [0.15, 0.2) is 5.69 Å². The average Bonchev–Trinajstić information content (AvgIpc) is 3.50. The molecular weight excluding hydrogens is 594 g/mol. The number of aromatic nitrogens is 3. The fourth-order valence-electron chi connectivity index (χ4n) is 5.05. The number of primary sulfonamides is 1. The predicted octanol–water partition coefficient (Wildman–Crippen LogP) is 6.14. The molecule has 0 amide bonds. The average molecular weight is 621 g/mol. The van der Waals surface area contributed by atoms with Crippen LogP contribution in [0.25, 0.3) is 27.5 Å². The van der Waals surface area contributed by atoms with Crippen molar-refractivity contribution in [2.45, 2.75) is 37.5 Å². The summed E-state index contributed by atoms with van der Waals surface area (Å²) in [4.78, 5) is 15.3. The topological polar surface area (TPSA) is 128 Å². The molecule has 1 fully saturated rings. The fourth-order valence-corrected chi connectivity index (χ4v) is 6.39. The van der Waals surface area contributed by atoms with Gasteiger partial charge in [0, 0.05) is 28.5 Å². The van der Waals surface area contributed by atoms with E-state index in [1.54, 1.807) is 16.8 Å². The second-order valence-electron chi connectivity index (χ2n) is 10.7. The summed E-state index contributed by atoms with van der Waals surface area (Å²) >= 11 is 1.11. The van der Waals surface area contributed by atoms with Crippen molar-refractivity contribution in [1.82, 2.24) is 14.8 Å². The molecule has 0 aliphatic heterocycles. The number of rotatable bonds is 9. The molecule has 8 nitrogen and oxygen atoms in total. The van der Waals surface area contributed by atoms with Gasteiger partial charge in [0.2, 0.25) is 15.2 Å². The Morgan fingerprint density at radius 2 is 1.77 bits per heavy atom. The van der Waals surface area contributed by atoms with Crippen LogP contribution < -0.4 is 5.14 Å². The van der Waals surface area contributed by atoms with E-state index in [9.17, 15) is 22.7 Å². The summed E-state index contributed by atoms with van der Waals surface area (Å²) in [6.45, 7) is 1.94. The van der Waals surface area contributed by atoms with Crippen LogP contribution in [0, 0.1) is 24.5 Å². The quantitative estimate of drug-likeness (QED) is 0.204. The zero-order valence-electron chi connectivity index (χ0n) is 22.9. The van der Waals surface area contributed by atoms with Crippen LogP contribution in [0.3, 0.4) is 0 Å². The number of hydrogen-bond acceptors (Lipinski definition) is 6. The first-order chi connectivity index (χ1) is 20.5. The van der Waals surface area contributed by atoms with Crippen molar-refractivity contribution in [2.75, 3.05) is 0 Å². The molecule has 43 heavy (non-hydrogen) atoms. The van der Waals surface area contributed by atoms with Gasteiger partial charge in [-0.05, 0) is 73.6 Å². The van der Waals surface area contributed by atoms with E-state index >= 15 is 4.39 Å². The van der Waals surface area contributed by atoms with Crippen molar-refractivity contribution in [1.29, 1.82) is 0 Å². The van der Waals surface area contributed by atoms with E-state index in [2.05, 4.69) is 4.98 Å². The molecule has 6 rings (SSSR count). The molecule has 0 unspecified atom stereocenters. The molecule has 1 aliphatic rings. The van der Waals surface area contributed by atoms with Gasteiger partial charge < -0.3 is 5.11 Å². The summed E-state index contributed by atoms with van der Waals surface area (Å²) in [6.07, 6.45) is 2.88. The van der Waals surface area contributed by atoms with Crippen LogP contribution in [0.15, 0.2) is 70.9 Å². The van der Waals surface area contributed by atoms with Crippen LogP contribution in [-0.4, -0.2) is 34.3 Å². The minimum atomic E-state index is -4.25. The van der Waals surface area contributed by atoms with Gasteiger partial charge in [0.05, 0.1) is 11.4 Å². The van der Waals surface area contributed by atoms with E-state index in [1.807, 2.05) is 31.2 Å². The zero-order valence-corrected chi connectivity index (χ0v) is 24.6. The molecule has 2 aromatic heterocycles. The van der Waals surface area contributed by atoms with E-state index in [-0.39, 0.29) is 12.1 Å². The van der Waals surface area contributed by atoms with Crippen molar-refractivity contribution < 1.29 is 27.1 Å². The Bertz CT molecular complexity index is 1980. The number of nitrogens with two attached hydrogens (primary N) is 1. The highest BCUT2D eigenvalue weighted by Gasteiger charge is 2.29. The maximum absolute atomic E-state index is 15.2. The number of aromatic carboxylic acids is 1. The van der Waals surface area contributed by atoms with Crippen LogP contribution in [0.4, 0.5) is 8.78 Å². The summed E-state index contributed by atoms with van der Waals surface area (Å²) in [5, 5.41) is 21.3. The SMILES string of the molecule is Cc1ccc(-c2cc(-c3c(Cc4ccc(S(N)(=O)=O)c(F)c4)c(CC4CC4)nn3-c3nc(C(=O)O)cs3)ccc2F)cc1. The highest BCUT2D eigenvalue weighted by atomic mass is 32.2. The first kappa shape index (κ1) is 28.8. The van der Waals surface area contributed by atoms with Gasteiger partial charge in [0.1, 0.15) is 16.5 Å². The van der Waals surface area contributed by atoms with Crippen molar-refractivity contribution in [3.05, 3.63) is 106 Å². The van der Waals surface area contributed by atoms with Crippen molar-refractivity contribution in [3.8, 4) is 27.5 Å². The van der Waals surface area contributed by atoms with Gasteiger partial charge in [-0.1, -0.05) is 35.9 Å². The van der Waals surface area contributed by atoms with Gasteiger partial charge >= 0.3 is 5.97 Å². The number of hydrogen-bond donors (Lipinski definition) is 2. The van der Waals surface area contributed by atoms with Crippen molar-refractivity contribution in [3.63, 3.8) is 0 Å². The van der Waals surface area contributed by atoms with Crippen molar-refractivity contribution in [2.24, 2.45) is 11.1 Å². The molecule has 0 radical (unpaired) electrons. The molecule has 0 spiro atoms. The third-order valence-corrected chi connectivity index (χ3v) is 9.18. The molecule has 12 heteroatoms. The van der Waals surface area contributed by atoms with E-state index in [4.69, 9.17) is 10.2 Å². The summed E-state index contributed by atoms with van der Waals surface area (Å²) in [6, 6.07) is 16.0. The second kappa shape index (κ2) is 11.1. The van der Waals surface area contributed by atoms with Crippen LogP contribution in [0.2, 0.25) is 0 Å². The molecule has 2 heterocycles. The number of aryl methyl sites for hydroxylation is 1. The Hall–Kier alpha value is -4.26. The standard InChI is InChI=1S/C31H26F2N4O4S2/c1-17-2-7-20(8-3-17)22-15-21(9-10-24(22)32)29-23(12-19-6-11-28(25(33)13-19)43(34,40)41)26(14-18-4-5-18)36-37(29)31-35-27(16-42-31)30(38)39/h2-3,6-11,13,15-16,18H,4-5,12,14H2,1H3,(H,38,39)(H2,34,40,41). The molecule has 3 aromatic carbocycles. The third-order valence-electron chi connectivity index (χ3n) is 7.42. The Morgan fingerprint density at radius 3 is 2.40 bits per heavy atom. The van der Waals surface area contributed by atoms with Crippen LogP contribution >= 0.6 is 11.3 Å². The maximum atomic E-state index is 15.2. The van der Waals surface area contributed by atoms with Gasteiger partial charge in [-0.15, -0.1) is 11.3 Å². The van der Waals surface area contributed by atoms with E-state index in [0.717, 1.165) is 53.1 Å². The molecule has 1 aliphatic carbocycles. The molecular formula is C31H26F2N4O4S2. The summed E-state index contributed by atoms with van der Waals surface area (Å²) < 4.78 is 55.2. The van der Waals surface area contributed by atoms with Crippen LogP contribution in [0.5, 0.6) is 0 Å². The smallest absolute Gasteiger partial charge is 0.355 e. The van der Waals surface area contributed by atoms with E-state index in [0.29, 0.717) is 45.4 Å². The lowest BCUT2D eigenvalue weighted by Crippen LogP contribution is -2.14. The lowest BCUT2D eigenvalue weighted by atomic mass is 9.94. The van der Waals surface area contributed by atoms with Crippen LogP contribution in [0.1, 0.15) is 45.7 Å². The number of carbonyl (C=O) groups is 1. The number of nitrogens with zero attached hydrogens (tertiary/aromatic N) is 3. The molecule has 3 N–H and O–H groups in total. The van der Waals surface area contributed by atoms with E-state index < -0.39 is 32.5 Å². The maximum Gasteiger partial charge on any atom is 0.355 e. The van der Waals surface area contributed by atoms with Crippen molar-refractivity contribution >= 4 is 27.3 Å². The largest absolute Gasteiger partial charge is 0.476 e. The predicted molar refractivity (Wildman–Crippen MR) is 159 cm³/mol. The summed E-state index contributed by atoms with van der Waals surface area (Å²) in [5.74, 6) is -2.14. The second-order valence-corrected chi connectivity index (χ2v) is 13.1. The highest BCUT2D eigenvalue weighted by Crippen LogP contribution is 2.39. The lowest BCUT2D eigenvalue weighted by Gasteiger charge is -2.12. The molecule has 0 saturated heterocycles. The number of benzene rings is 3. The monoisotopic (exact) mass is 620 g/mol. The molecule has 0 bridgehead atoms. The number of sulfonamides is 1. The summed E-state index contributed by atoms with van der Waals surface area (Å²) in [7, 11) is -4.25. The van der Waals surface area contributed by atoms with Gasteiger partial charge in [-0.2, -0.15) is 5.10 Å². The Balaban J connectivity index is 1.56. The first-order valence-corrected chi connectivity index (χ1v) is 15.9. The Kier molecular flexibility index (Phi) is 7.45. The van der Waals surface area contributed by atoms with Gasteiger partial charge in [-0.25, -0.2) is 36.8 Å². The minimum Gasteiger partial charge on any atom is -0.476 e. The fraction of sp³-hybridized carbons (Fsp3) is 0.194. The lowest BCUT2D eigenvalue weighted by molar-refractivity contribution is 0.0691. The Morgan fingerprint density at radius 1 is 1.05 bits per heavy atom. The molecule has 0 atom stereocenters. The number of carboxylic acids is 1. The summed E-state index contributed by atoms with van der Waals surface area (Å²) in [5.41, 5.74) is 5.05. The number of carboxylic acid groups (broad SMARTS) is 1.